The number of hydrogen-bond acceptors (Lipinski definition) is 5. The summed E-state index contributed by atoms with van der Waals surface area (Å²) in [7, 11) is 0. The van der Waals surface area contributed by atoms with Crippen molar-refractivity contribution in [2.24, 2.45) is 0 Å². The zero-order valence-electron chi connectivity index (χ0n) is 14.7. The number of alkyl halides is 3. The smallest absolute Gasteiger partial charge is 0.392 e. The first kappa shape index (κ1) is 20.1. The van der Waals surface area contributed by atoms with E-state index >= 15 is 0 Å². The van der Waals surface area contributed by atoms with E-state index in [1.54, 1.807) is 6.20 Å². The van der Waals surface area contributed by atoms with Gasteiger partial charge in [0.05, 0.1) is 12.2 Å². The van der Waals surface area contributed by atoms with E-state index in [4.69, 9.17) is 0 Å². The third kappa shape index (κ3) is 4.60. The molecule has 0 bridgehead atoms. The Morgan fingerprint density at radius 2 is 1.79 bits per heavy atom. The largest absolute Gasteiger partial charge is 0.417 e. The highest BCUT2D eigenvalue weighted by molar-refractivity contribution is 9.10. The molecule has 3 aromatic rings. The zero-order chi connectivity index (χ0) is 20.3. The Balaban J connectivity index is 1.93. The van der Waals surface area contributed by atoms with Gasteiger partial charge in [-0.2, -0.15) is 18.2 Å². The number of nitrogens with zero attached hydrogens (tertiary/aromatic N) is 2. The molecular weight excluding hydrogens is 437 g/mol. The van der Waals surface area contributed by atoms with Crippen LogP contribution in [0.15, 0.2) is 53.1 Å². The first-order chi connectivity index (χ1) is 13.3. The van der Waals surface area contributed by atoms with Crippen LogP contribution in [0.5, 0.6) is 0 Å². The van der Waals surface area contributed by atoms with Crippen LogP contribution in [-0.2, 0) is 12.8 Å². The van der Waals surface area contributed by atoms with Crippen LogP contribution in [0.2, 0.25) is 0 Å². The molecule has 0 saturated carbocycles. The number of aliphatic hydroxyl groups is 1. The molecule has 0 radical (unpaired) electrons. The van der Waals surface area contributed by atoms with E-state index in [0.717, 1.165) is 17.3 Å². The maximum Gasteiger partial charge on any atom is 0.417 e. The first-order valence-corrected chi connectivity index (χ1v) is 9.00. The van der Waals surface area contributed by atoms with Crippen molar-refractivity contribution in [2.75, 3.05) is 10.6 Å². The van der Waals surface area contributed by atoms with Gasteiger partial charge in [0.1, 0.15) is 5.82 Å². The number of benzene rings is 2. The molecule has 0 unspecified atom stereocenters. The lowest BCUT2D eigenvalue weighted by molar-refractivity contribution is -0.138. The molecule has 28 heavy (non-hydrogen) atoms. The lowest BCUT2D eigenvalue weighted by Gasteiger charge is -2.16. The summed E-state index contributed by atoms with van der Waals surface area (Å²) in [6.07, 6.45) is -3.01. The number of rotatable bonds is 5. The van der Waals surface area contributed by atoms with Crippen molar-refractivity contribution in [3.8, 4) is 0 Å². The van der Waals surface area contributed by atoms with E-state index in [-0.39, 0.29) is 21.7 Å². The van der Waals surface area contributed by atoms with Crippen molar-refractivity contribution in [1.82, 2.24) is 9.97 Å². The Hall–Kier alpha value is -2.65. The number of aromatic nitrogens is 2. The van der Waals surface area contributed by atoms with Crippen LogP contribution in [0, 0.1) is 6.92 Å². The quantitative estimate of drug-likeness (QED) is 0.473. The highest BCUT2D eigenvalue weighted by atomic mass is 79.9. The third-order valence-corrected chi connectivity index (χ3v) is 4.82. The normalized spacial score (nSPS) is 11.4. The number of hydrogen-bond donors (Lipinski definition) is 3. The summed E-state index contributed by atoms with van der Waals surface area (Å²) in [4.78, 5) is 8.47. The average molecular weight is 453 g/mol. The standard InChI is InChI=1S/C19H16BrF3N4O/c1-11-9-24-18(27-17(11)25-13-5-3-2-4-6-13)26-14-7-12(10-28)16(20)15(8-14)19(21,22)23/h2-9,28H,10H2,1H3,(H2,24,25,26,27). The van der Waals surface area contributed by atoms with Gasteiger partial charge in [0, 0.05) is 27.6 Å². The van der Waals surface area contributed by atoms with Gasteiger partial charge in [0.25, 0.3) is 0 Å². The summed E-state index contributed by atoms with van der Waals surface area (Å²) in [6, 6.07) is 11.7. The molecule has 1 aromatic heterocycles. The Bertz CT molecular complexity index is 981. The summed E-state index contributed by atoms with van der Waals surface area (Å²) >= 11 is 2.91. The summed E-state index contributed by atoms with van der Waals surface area (Å²) in [5, 5.41) is 15.3. The molecule has 2 aromatic carbocycles. The van der Waals surface area contributed by atoms with Gasteiger partial charge in [-0.25, -0.2) is 4.98 Å². The van der Waals surface area contributed by atoms with Gasteiger partial charge in [0.15, 0.2) is 0 Å². The fourth-order valence-corrected chi connectivity index (χ4v) is 3.07. The van der Waals surface area contributed by atoms with E-state index < -0.39 is 18.3 Å². The molecule has 0 spiro atoms. The zero-order valence-corrected chi connectivity index (χ0v) is 16.3. The second-order valence-electron chi connectivity index (χ2n) is 5.99. The average Bonchev–Trinajstić information content (AvgIpc) is 2.65. The molecule has 0 aliphatic heterocycles. The Labute approximate surface area is 167 Å². The van der Waals surface area contributed by atoms with Crippen LogP contribution in [0.4, 0.5) is 36.3 Å². The summed E-state index contributed by atoms with van der Waals surface area (Å²) in [5.74, 6) is 0.655. The van der Waals surface area contributed by atoms with Crippen LogP contribution in [0.25, 0.3) is 0 Å². The van der Waals surface area contributed by atoms with Crippen molar-refractivity contribution in [3.05, 3.63) is 69.8 Å². The van der Waals surface area contributed by atoms with Crippen LogP contribution >= 0.6 is 15.9 Å². The van der Waals surface area contributed by atoms with Gasteiger partial charge >= 0.3 is 6.18 Å². The van der Waals surface area contributed by atoms with Crippen LogP contribution in [0.3, 0.4) is 0 Å². The molecule has 0 saturated heterocycles. The maximum atomic E-state index is 13.3. The number of halogens is 4. The Morgan fingerprint density at radius 1 is 1.07 bits per heavy atom. The second-order valence-corrected chi connectivity index (χ2v) is 6.79. The predicted octanol–water partition coefficient (Wildman–Crippen LogP) is 5.55. The second kappa shape index (κ2) is 8.15. The lowest BCUT2D eigenvalue weighted by atomic mass is 10.1. The summed E-state index contributed by atoms with van der Waals surface area (Å²) < 4.78 is 39.6. The van der Waals surface area contributed by atoms with E-state index in [0.29, 0.717) is 5.82 Å². The van der Waals surface area contributed by atoms with E-state index in [1.807, 2.05) is 37.3 Å². The first-order valence-electron chi connectivity index (χ1n) is 8.21. The third-order valence-electron chi connectivity index (χ3n) is 3.89. The van der Waals surface area contributed by atoms with E-state index in [2.05, 4.69) is 36.5 Å². The summed E-state index contributed by atoms with van der Waals surface area (Å²) in [6.45, 7) is 1.27. The van der Waals surface area contributed by atoms with Crippen LogP contribution < -0.4 is 10.6 Å². The fraction of sp³-hybridized carbons (Fsp3) is 0.158. The minimum Gasteiger partial charge on any atom is -0.392 e. The molecule has 0 fully saturated rings. The van der Waals surface area contributed by atoms with Gasteiger partial charge in [-0.1, -0.05) is 18.2 Å². The number of aliphatic hydroxyl groups excluding tert-OH is 1. The number of nitrogens with one attached hydrogen (secondary N) is 2. The van der Waals surface area contributed by atoms with Gasteiger partial charge in [-0.3, -0.25) is 0 Å². The Kier molecular flexibility index (Phi) is 5.85. The van der Waals surface area contributed by atoms with Crippen molar-refractivity contribution in [3.63, 3.8) is 0 Å². The highest BCUT2D eigenvalue weighted by Crippen LogP contribution is 2.39. The van der Waals surface area contributed by atoms with Crippen molar-refractivity contribution < 1.29 is 18.3 Å². The maximum absolute atomic E-state index is 13.3. The van der Waals surface area contributed by atoms with Gasteiger partial charge < -0.3 is 15.7 Å². The highest BCUT2D eigenvalue weighted by Gasteiger charge is 2.34. The number of aryl methyl sites for hydroxylation is 1. The monoisotopic (exact) mass is 452 g/mol. The number of para-hydroxylation sites is 1. The SMILES string of the molecule is Cc1cnc(Nc2cc(CO)c(Br)c(C(F)(F)F)c2)nc1Nc1ccccc1. The molecule has 0 aliphatic carbocycles. The topological polar surface area (TPSA) is 70.1 Å². The Morgan fingerprint density at radius 3 is 2.43 bits per heavy atom. The van der Waals surface area contributed by atoms with Crippen molar-refractivity contribution in [2.45, 2.75) is 19.7 Å². The van der Waals surface area contributed by atoms with Gasteiger partial charge in [-0.05, 0) is 52.7 Å². The lowest BCUT2D eigenvalue weighted by Crippen LogP contribution is -2.09. The minimum absolute atomic E-state index is 0.104. The van der Waals surface area contributed by atoms with Gasteiger partial charge in [-0.15, -0.1) is 0 Å². The minimum atomic E-state index is -4.57. The molecule has 9 heteroatoms. The van der Waals surface area contributed by atoms with Crippen LogP contribution in [-0.4, -0.2) is 15.1 Å². The van der Waals surface area contributed by atoms with Crippen LogP contribution in [0.1, 0.15) is 16.7 Å². The molecule has 1 heterocycles. The number of anilines is 4. The fourth-order valence-electron chi connectivity index (χ4n) is 2.49. The molecule has 146 valence electrons. The van der Waals surface area contributed by atoms with Gasteiger partial charge in [0.2, 0.25) is 5.95 Å². The van der Waals surface area contributed by atoms with E-state index in [1.165, 1.54) is 6.07 Å². The van der Waals surface area contributed by atoms with Crippen molar-refractivity contribution >= 4 is 39.1 Å². The van der Waals surface area contributed by atoms with E-state index in [9.17, 15) is 18.3 Å². The molecular formula is C19H16BrF3N4O. The molecule has 3 rings (SSSR count). The molecule has 5 nitrogen and oxygen atoms in total. The summed E-state index contributed by atoms with van der Waals surface area (Å²) in [5.41, 5.74) is 0.926. The molecule has 0 amide bonds. The predicted molar refractivity (Wildman–Crippen MR) is 105 cm³/mol. The molecule has 3 N–H and O–H groups in total. The molecule has 0 aliphatic rings. The van der Waals surface area contributed by atoms with Crippen molar-refractivity contribution in [1.29, 1.82) is 0 Å². The molecule has 0 atom stereocenters.